The fourth-order valence-corrected chi connectivity index (χ4v) is 1.86. The molecule has 0 spiro atoms. The van der Waals surface area contributed by atoms with Gasteiger partial charge in [0.25, 0.3) is 0 Å². The fraction of sp³-hybridized carbons (Fsp3) is 0.889. The lowest BCUT2D eigenvalue weighted by molar-refractivity contribution is -0.827. The molecule has 1 saturated carbocycles. The third kappa shape index (κ3) is 1.62. The Bertz CT molecular complexity index is 157. The number of nitrogens with one attached hydrogen (secondary N) is 1. The molecular weight excluding hydrogens is 138 g/mol. The first-order chi connectivity index (χ1) is 5.38. The van der Waals surface area contributed by atoms with Crippen LogP contribution in [0.5, 0.6) is 0 Å². The minimum atomic E-state index is 0.461. The van der Waals surface area contributed by atoms with Crippen molar-refractivity contribution in [1.29, 1.82) is 0 Å². The van der Waals surface area contributed by atoms with Gasteiger partial charge in [0.1, 0.15) is 0 Å². The number of quaternary nitrogens is 1. The first kappa shape index (κ1) is 7.29. The van der Waals surface area contributed by atoms with E-state index < -0.39 is 0 Å². The van der Waals surface area contributed by atoms with Crippen LogP contribution in [0.2, 0.25) is 0 Å². The molecule has 1 saturated heterocycles. The first-order valence-electron chi connectivity index (χ1n) is 4.77. The molecule has 0 aromatic heterocycles. The SMILES string of the molecule is O=C(C1CC1)[NH+]1CCCCC1. The Morgan fingerprint density at radius 2 is 1.73 bits per heavy atom. The van der Waals surface area contributed by atoms with E-state index in [9.17, 15) is 4.79 Å². The second-order valence-corrected chi connectivity index (χ2v) is 3.80. The second-order valence-electron chi connectivity index (χ2n) is 3.80. The van der Waals surface area contributed by atoms with Crippen LogP contribution in [0.4, 0.5) is 0 Å². The van der Waals surface area contributed by atoms with Crippen LogP contribution in [0.1, 0.15) is 32.1 Å². The third-order valence-electron chi connectivity index (χ3n) is 2.75. The zero-order valence-electron chi connectivity index (χ0n) is 6.94. The molecule has 0 atom stereocenters. The summed E-state index contributed by atoms with van der Waals surface area (Å²) in [5.41, 5.74) is 0. The van der Waals surface area contributed by atoms with Crippen molar-refractivity contribution in [1.82, 2.24) is 0 Å². The van der Waals surface area contributed by atoms with Crippen molar-refractivity contribution in [3.05, 3.63) is 0 Å². The minimum Gasteiger partial charge on any atom is -0.272 e. The van der Waals surface area contributed by atoms with Crippen LogP contribution in [0.25, 0.3) is 0 Å². The zero-order valence-corrected chi connectivity index (χ0v) is 6.94. The van der Waals surface area contributed by atoms with Gasteiger partial charge in [-0.05, 0) is 32.1 Å². The standard InChI is InChI=1S/C9H15NO/c11-9(8-4-5-8)10-6-2-1-3-7-10/h8H,1-7H2/p+1. The van der Waals surface area contributed by atoms with E-state index in [2.05, 4.69) is 0 Å². The maximum absolute atomic E-state index is 11.5. The van der Waals surface area contributed by atoms with E-state index in [1.165, 1.54) is 37.0 Å². The molecule has 2 heteroatoms. The number of likely N-dealkylation sites (tertiary alicyclic amines) is 1. The van der Waals surface area contributed by atoms with Crippen LogP contribution in [-0.4, -0.2) is 19.0 Å². The van der Waals surface area contributed by atoms with Gasteiger partial charge in [-0.3, -0.25) is 4.90 Å². The minimum absolute atomic E-state index is 0.461. The quantitative estimate of drug-likeness (QED) is 0.563. The maximum Gasteiger partial charge on any atom is 0.315 e. The average Bonchev–Trinajstić information content (AvgIpc) is 2.87. The number of hydrogen-bond donors (Lipinski definition) is 1. The Balaban J connectivity index is 1.86. The second kappa shape index (κ2) is 2.94. The highest BCUT2D eigenvalue weighted by Gasteiger charge is 2.37. The molecule has 0 unspecified atom stereocenters. The summed E-state index contributed by atoms with van der Waals surface area (Å²) in [4.78, 5) is 12.8. The van der Waals surface area contributed by atoms with Crippen LogP contribution in [0.15, 0.2) is 0 Å². The highest BCUT2D eigenvalue weighted by Crippen LogP contribution is 2.27. The van der Waals surface area contributed by atoms with Gasteiger partial charge in [-0.25, -0.2) is 4.79 Å². The van der Waals surface area contributed by atoms with Gasteiger partial charge in [0.05, 0.1) is 19.0 Å². The predicted molar refractivity (Wildman–Crippen MR) is 42.3 cm³/mol. The van der Waals surface area contributed by atoms with Crippen molar-refractivity contribution in [3.63, 3.8) is 0 Å². The van der Waals surface area contributed by atoms with Crippen LogP contribution in [0, 0.1) is 5.92 Å². The van der Waals surface area contributed by atoms with Gasteiger partial charge in [0.15, 0.2) is 0 Å². The van der Waals surface area contributed by atoms with E-state index in [-0.39, 0.29) is 0 Å². The van der Waals surface area contributed by atoms with Gasteiger partial charge in [-0.15, -0.1) is 0 Å². The molecule has 1 aliphatic carbocycles. The molecule has 2 rings (SSSR count). The molecule has 2 aliphatic rings. The summed E-state index contributed by atoms with van der Waals surface area (Å²) < 4.78 is 0. The topological polar surface area (TPSA) is 21.5 Å². The van der Waals surface area contributed by atoms with Crippen molar-refractivity contribution in [2.45, 2.75) is 32.1 Å². The predicted octanol–water partition coefficient (Wildman–Crippen LogP) is -0.00820. The van der Waals surface area contributed by atoms with Crippen LogP contribution >= 0.6 is 0 Å². The molecule has 1 aliphatic heterocycles. The molecular formula is C9H16NO+. The summed E-state index contributed by atoms with van der Waals surface area (Å²) in [6, 6.07) is 0. The maximum atomic E-state index is 11.5. The molecule has 0 aromatic rings. The van der Waals surface area contributed by atoms with E-state index in [0.717, 1.165) is 13.1 Å². The van der Waals surface area contributed by atoms with Gasteiger partial charge in [-0.2, -0.15) is 0 Å². The third-order valence-corrected chi connectivity index (χ3v) is 2.75. The normalized spacial score (nSPS) is 26.9. The van der Waals surface area contributed by atoms with Crippen molar-refractivity contribution in [3.8, 4) is 0 Å². The zero-order chi connectivity index (χ0) is 7.68. The number of amides is 1. The molecule has 1 heterocycles. The summed E-state index contributed by atoms with van der Waals surface area (Å²) >= 11 is 0. The molecule has 2 fully saturated rings. The Kier molecular flexibility index (Phi) is 1.95. The van der Waals surface area contributed by atoms with E-state index in [1.807, 2.05) is 0 Å². The van der Waals surface area contributed by atoms with Gasteiger partial charge in [0.2, 0.25) is 0 Å². The Hall–Kier alpha value is -0.370. The molecule has 0 bridgehead atoms. The van der Waals surface area contributed by atoms with E-state index >= 15 is 0 Å². The van der Waals surface area contributed by atoms with Gasteiger partial charge >= 0.3 is 5.91 Å². The summed E-state index contributed by atoms with van der Waals surface area (Å²) in [6.45, 7) is 2.21. The van der Waals surface area contributed by atoms with Crippen molar-refractivity contribution >= 4 is 5.91 Å². The number of carbonyl (C=O) groups excluding carboxylic acids is 1. The molecule has 62 valence electrons. The van der Waals surface area contributed by atoms with Crippen molar-refractivity contribution < 1.29 is 9.69 Å². The number of piperidine rings is 1. The number of rotatable bonds is 1. The van der Waals surface area contributed by atoms with E-state index in [1.54, 1.807) is 0 Å². The molecule has 11 heavy (non-hydrogen) atoms. The summed E-state index contributed by atoms with van der Waals surface area (Å²) in [7, 11) is 0. The van der Waals surface area contributed by atoms with E-state index in [4.69, 9.17) is 0 Å². The number of carbonyl (C=O) groups is 1. The first-order valence-corrected chi connectivity index (χ1v) is 4.77. The van der Waals surface area contributed by atoms with Crippen molar-refractivity contribution in [2.75, 3.05) is 13.1 Å². The monoisotopic (exact) mass is 154 g/mol. The molecule has 1 amide bonds. The van der Waals surface area contributed by atoms with Gasteiger partial charge in [0, 0.05) is 0 Å². The Morgan fingerprint density at radius 1 is 1.09 bits per heavy atom. The molecule has 0 aromatic carbocycles. The van der Waals surface area contributed by atoms with Crippen molar-refractivity contribution in [2.24, 2.45) is 5.92 Å². The van der Waals surface area contributed by atoms with Gasteiger partial charge < -0.3 is 0 Å². The number of hydrogen-bond acceptors (Lipinski definition) is 1. The molecule has 1 N–H and O–H groups in total. The summed E-state index contributed by atoms with van der Waals surface area (Å²) in [5.74, 6) is 0.979. The van der Waals surface area contributed by atoms with Gasteiger partial charge in [-0.1, -0.05) is 0 Å². The van der Waals surface area contributed by atoms with Crippen LogP contribution in [0.3, 0.4) is 0 Å². The van der Waals surface area contributed by atoms with E-state index in [0.29, 0.717) is 11.8 Å². The Labute approximate surface area is 67.6 Å². The highest BCUT2D eigenvalue weighted by atomic mass is 16.2. The highest BCUT2D eigenvalue weighted by molar-refractivity contribution is 5.72. The lowest BCUT2D eigenvalue weighted by atomic mass is 10.1. The molecule has 2 nitrogen and oxygen atoms in total. The average molecular weight is 154 g/mol. The van der Waals surface area contributed by atoms with Crippen LogP contribution < -0.4 is 4.90 Å². The Morgan fingerprint density at radius 3 is 2.27 bits per heavy atom. The lowest BCUT2D eigenvalue weighted by Crippen LogP contribution is -3.15. The largest absolute Gasteiger partial charge is 0.315 e. The summed E-state index contributed by atoms with van der Waals surface area (Å²) in [5, 5.41) is 0. The summed E-state index contributed by atoms with van der Waals surface area (Å²) in [6.07, 6.45) is 6.19. The lowest BCUT2D eigenvalue weighted by Gasteiger charge is -2.20. The smallest absolute Gasteiger partial charge is 0.272 e. The molecule has 0 radical (unpaired) electrons. The fourth-order valence-electron chi connectivity index (χ4n) is 1.86. The van der Waals surface area contributed by atoms with Crippen LogP contribution in [-0.2, 0) is 4.79 Å².